The van der Waals surface area contributed by atoms with Crippen molar-refractivity contribution in [2.24, 2.45) is 0 Å². The minimum atomic E-state index is 0.626. The van der Waals surface area contributed by atoms with Crippen LogP contribution >= 0.6 is 0 Å². The summed E-state index contributed by atoms with van der Waals surface area (Å²) < 4.78 is 0. The Labute approximate surface area is 88.8 Å². The first-order chi connectivity index (χ1) is 7.31. The number of nitrogens with zero attached hydrogens (tertiary/aromatic N) is 2. The van der Waals surface area contributed by atoms with E-state index in [1.807, 2.05) is 43.3 Å². The van der Waals surface area contributed by atoms with Gasteiger partial charge in [-0.05, 0) is 18.6 Å². The summed E-state index contributed by atoms with van der Waals surface area (Å²) in [4.78, 5) is 4.30. The molecule has 2 aromatic rings. The van der Waals surface area contributed by atoms with Gasteiger partial charge in [0.15, 0.2) is 0 Å². The minimum absolute atomic E-state index is 0.626. The van der Waals surface area contributed by atoms with E-state index < -0.39 is 0 Å². The van der Waals surface area contributed by atoms with Crippen LogP contribution in [0.1, 0.15) is 11.1 Å². The molecule has 1 heterocycles. The maximum atomic E-state index is 9.01. The van der Waals surface area contributed by atoms with Crippen LogP contribution in [0.25, 0.3) is 11.3 Å². The summed E-state index contributed by atoms with van der Waals surface area (Å²) in [5.41, 5.74) is 3.37. The summed E-state index contributed by atoms with van der Waals surface area (Å²) in [7, 11) is 0. The zero-order valence-corrected chi connectivity index (χ0v) is 8.44. The third-order valence-corrected chi connectivity index (χ3v) is 2.19. The van der Waals surface area contributed by atoms with Crippen molar-refractivity contribution in [2.75, 3.05) is 0 Å². The first-order valence-electron chi connectivity index (χ1n) is 4.73. The van der Waals surface area contributed by atoms with Crippen molar-refractivity contribution in [3.05, 3.63) is 53.7 Å². The van der Waals surface area contributed by atoms with Crippen molar-refractivity contribution in [2.45, 2.75) is 6.92 Å². The molecule has 0 saturated carbocycles. The maximum Gasteiger partial charge on any atom is 0.101 e. The first kappa shape index (κ1) is 9.42. The van der Waals surface area contributed by atoms with Crippen molar-refractivity contribution in [1.29, 1.82) is 5.26 Å². The van der Waals surface area contributed by atoms with Gasteiger partial charge in [-0.25, -0.2) is 0 Å². The quantitative estimate of drug-likeness (QED) is 0.699. The van der Waals surface area contributed by atoms with Gasteiger partial charge in [-0.2, -0.15) is 5.26 Å². The molecule has 0 aliphatic carbocycles. The second-order valence-corrected chi connectivity index (χ2v) is 3.39. The van der Waals surface area contributed by atoms with E-state index in [4.69, 9.17) is 5.26 Å². The number of hydrogen-bond acceptors (Lipinski definition) is 2. The van der Waals surface area contributed by atoms with Crippen molar-refractivity contribution in [1.82, 2.24) is 4.98 Å². The zero-order valence-electron chi connectivity index (χ0n) is 8.44. The van der Waals surface area contributed by atoms with Crippen LogP contribution in [0.15, 0.2) is 42.6 Å². The summed E-state index contributed by atoms with van der Waals surface area (Å²) >= 11 is 0. The number of hydrogen-bond donors (Lipinski definition) is 0. The van der Waals surface area contributed by atoms with Gasteiger partial charge in [0, 0.05) is 11.8 Å². The monoisotopic (exact) mass is 194 g/mol. The Morgan fingerprint density at radius 1 is 1.20 bits per heavy atom. The normalized spacial score (nSPS) is 9.60. The van der Waals surface area contributed by atoms with E-state index in [1.165, 1.54) is 0 Å². The van der Waals surface area contributed by atoms with Gasteiger partial charge < -0.3 is 0 Å². The highest BCUT2D eigenvalue weighted by Crippen LogP contribution is 2.20. The molecular weight excluding hydrogens is 184 g/mol. The fraction of sp³-hybridized carbons (Fsp3) is 0.0769. The molecule has 0 aliphatic heterocycles. The third kappa shape index (κ3) is 1.87. The SMILES string of the molecule is Cc1cnc(-c2ccccc2)c(C#N)c1. The number of aromatic nitrogens is 1. The average molecular weight is 194 g/mol. The van der Waals surface area contributed by atoms with Crippen molar-refractivity contribution in [3.63, 3.8) is 0 Å². The van der Waals surface area contributed by atoms with Crippen molar-refractivity contribution < 1.29 is 0 Å². The minimum Gasteiger partial charge on any atom is -0.255 e. The summed E-state index contributed by atoms with van der Waals surface area (Å²) in [5.74, 6) is 0. The molecule has 0 aliphatic rings. The third-order valence-electron chi connectivity index (χ3n) is 2.19. The van der Waals surface area contributed by atoms with Crippen LogP contribution in [0.3, 0.4) is 0 Å². The maximum absolute atomic E-state index is 9.01. The Bertz CT molecular complexity index is 510. The summed E-state index contributed by atoms with van der Waals surface area (Å²) in [6.45, 7) is 1.93. The summed E-state index contributed by atoms with van der Waals surface area (Å²) in [6, 6.07) is 13.8. The van der Waals surface area contributed by atoms with Gasteiger partial charge in [0.25, 0.3) is 0 Å². The molecule has 1 aromatic carbocycles. The van der Waals surface area contributed by atoms with E-state index >= 15 is 0 Å². The predicted octanol–water partition coefficient (Wildman–Crippen LogP) is 2.93. The van der Waals surface area contributed by atoms with Crippen LogP contribution in [0.4, 0.5) is 0 Å². The molecule has 0 spiro atoms. The fourth-order valence-electron chi connectivity index (χ4n) is 1.48. The lowest BCUT2D eigenvalue weighted by Gasteiger charge is -2.03. The van der Waals surface area contributed by atoms with Crippen LogP contribution in [0.2, 0.25) is 0 Å². The first-order valence-corrected chi connectivity index (χ1v) is 4.73. The summed E-state index contributed by atoms with van der Waals surface area (Å²) in [5, 5.41) is 9.01. The van der Waals surface area contributed by atoms with Crippen molar-refractivity contribution in [3.8, 4) is 17.3 Å². The molecular formula is C13H10N2. The molecule has 0 amide bonds. The Hall–Kier alpha value is -2.14. The molecule has 0 fully saturated rings. The van der Waals surface area contributed by atoms with E-state index in [1.54, 1.807) is 6.20 Å². The molecule has 2 nitrogen and oxygen atoms in total. The number of rotatable bonds is 1. The molecule has 0 radical (unpaired) electrons. The number of benzene rings is 1. The smallest absolute Gasteiger partial charge is 0.101 e. The van der Waals surface area contributed by atoms with Crippen LogP contribution in [0, 0.1) is 18.3 Å². The highest BCUT2D eigenvalue weighted by molar-refractivity contribution is 5.66. The van der Waals surface area contributed by atoms with Gasteiger partial charge in [-0.15, -0.1) is 0 Å². The second kappa shape index (κ2) is 3.93. The standard InChI is InChI=1S/C13H10N2/c1-10-7-12(8-14)13(15-9-10)11-5-3-2-4-6-11/h2-7,9H,1H3. The highest BCUT2D eigenvalue weighted by atomic mass is 14.7. The van der Waals surface area contributed by atoms with Gasteiger partial charge in [0.05, 0.1) is 11.3 Å². The Balaban J connectivity index is 2.60. The van der Waals surface area contributed by atoms with Crippen molar-refractivity contribution >= 4 is 0 Å². The van der Waals surface area contributed by atoms with E-state index in [0.29, 0.717) is 5.56 Å². The highest BCUT2D eigenvalue weighted by Gasteiger charge is 2.05. The lowest BCUT2D eigenvalue weighted by Crippen LogP contribution is -1.89. The van der Waals surface area contributed by atoms with E-state index in [2.05, 4.69) is 11.1 Å². The number of pyridine rings is 1. The fourth-order valence-corrected chi connectivity index (χ4v) is 1.48. The van der Waals surface area contributed by atoms with E-state index in [0.717, 1.165) is 16.8 Å². The largest absolute Gasteiger partial charge is 0.255 e. The molecule has 2 heteroatoms. The topological polar surface area (TPSA) is 36.7 Å². The predicted molar refractivity (Wildman–Crippen MR) is 59.1 cm³/mol. The van der Waals surface area contributed by atoms with Crippen LogP contribution in [0.5, 0.6) is 0 Å². The van der Waals surface area contributed by atoms with Gasteiger partial charge in [-0.1, -0.05) is 30.3 Å². The zero-order chi connectivity index (χ0) is 10.7. The molecule has 0 N–H and O–H groups in total. The average Bonchev–Trinajstić information content (AvgIpc) is 2.30. The van der Waals surface area contributed by atoms with Gasteiger partial charge in [0.1, 0.15) is 6.07 Å². The van der Waals surface area contributed by atoms with Gasteiger partial charge in [0.2, 0.25) is 0 Å². The van der Waals surface area contributed by atoms with E-state index in [9.17, 15) is 0 Å². The van der Waals surface area contributed by atoms with E-state index in [-0.39, 0.29) is 0 Å². The summed E-state index contributed by atoms with van der Waals surface area (Å²) in [6.07, 6.45) is 1.78. The Morgan fingerprint density at radius 3 is 2.60 bits per heavy atom. The lowest BCUT2D eigenvalue weighted by atomic mass is 10.1. The molecule has 15 heavy (non-hydrogen) atoms. The van der Waals surface area contributed by atoms with Crippen LogP contribution in [-0.2, 0) is 0 Å². The molecule has 0 saturated heterocycles. The molecule has 0 atom stereocenters. The second-order valence-electron chi connectivity index (χ2n) is 3.39. The molecule has 0 bridgehead atoms. The van der Waals surface area contributed by atoms with Crippen LogP contribution in [-0.4, -0.2) is 4.98 Å². The molecule has 2 rings (SSSR count). The molecule has 1 aromatic heterocycles. The van der Waals surface area contributed by atoms with Crippen LogP contribution < -0.4 is 0 Å². The molecule has 0 unspecified atom stereocenters. The number of aryl methyl sites for hydroxylation is 1. The van der Waals surface area contributed by atoms with Gasteiger partial charge in [-0.3, -0.25) is 4.98 Å². The Morgan fingerprint density at radius 2 is 1.93 bits per heavy atom. The lowest BCUT2D eigenvalue weighted by molar-refractivity contribution is 1.25. The number of nitriles is 1. The molecule has 72 valence electrons. The Kier molecular flexibility index (Phi) is 2.47. The van der Waals surface area contributed by atoms with Gasteiger partial charge >= 0.3 is 0 Å².